The second-order valence-corrected chi connectivity index (χ2v) is 5.83. The molecular formula is C15H15N3OS. The van der Waals surface area contributed by atoms with E-state index in [0.29, 0.717) is 5.56 Å². The molecular weight excluding hydrogens is 270 g/mol. The van der Waals surface area contributed by atoms with Crippen LogP contribution in [0.4, 0.5) is 10.8 Å². The first-order chi connectivity index (χ1) is 9.80. The number of anilines is 2. The van der Waals surface area contributed by atoms with Crippen LogP contribution in [-0.2, 0) is 12.8 Å². The number of methoxy groups -OCH3 is 1. The first-order valence-electron chi connectivity index (χ1n) is 6.64. The summed E-state index contributed by atoms with van der Waals surface area (Å²) in [6.07, 6.45) is 4.66. The van der Waals surface area contributed by atoms with Gasteiger partial charge in [0.2, 0.25) is 0 Å². The molecule has 1 aliphatic rings. The van der Waals surface area contributed by atoms with Gasteiger partial charge in [-0.15, -0.1) is 11.3 Å². The van der Waals surface area contributed by atoms with Crippen molar-refractivity contribution >= 4 is 22.2 Å². The molecule has 0 fully saturated rings. The van der Waals surface area contributed by atoms with Crippen molar-refractivity contribution < 1.29 is 4.74 Å². The van der Waals surface area contributed by atoms with E-state index in [4.69, 9.17) is 4.74 Å². The zero-order chi connectivity index (χ0) is 13.9. The molecule has 4 nitrogen and oxygen atoms in total. The van der Waals surface area contributed by atoms with Crippen molar-refractivity contribution in [2.24, 2.45) is 0 Å². The van der Waals surface area contributed by atoms with Crippen molar-refractivity contribution in [1.82, 2.24) is 4.98 Å². The van der Waals surface area contributed by atoms with Gasteiger partial charge in [-0.1, -0.05) is 0 Å². The Bertz CT molecular complexity index is 649. The van der Waals surface area contributed by atoms with Crippen LogP contribution >= 0.6 is 11.3 Å². The highest BCUT2D eigenvalue weighted by atomic mass is 32.1. The van der Waals surface area contributed by atoms with Gasteiger partial charge in [0.05, 0.1) is 24.1 Å². The first-order valence-corrected chi connectivity index (χ1v) is 7.45. The summed E-state index contributed by atoms with van der Waals surface area (Å²) in [5, 5.41) is 13.3. The van der Waals surface area contributed by atoms with Crippen LogP contribution in [0, 0.1) is 11.3 Å². The minimum Gasteiger partial charge on any atom is -0.497 e. The number of rotatable bonds is 3. The summed E-state index contributed by atoms with van der Waals surface area (Å²) in [5.41, 5.74) is 2.56. The van der Waals surface area contributed by atoms with Gasteiger partial charge in [0.1, 0.15) is 11.8 Å². The largest absolute Gasteiger partial charge is 0.497 e. The number of aryl methyl sites for hydroxylation is 2. The van der Waals surface area contributed by atoms with Gasteiger partial charge in [-0.2, -0.15) is 5.26 Å². The molecule has 2 aromatic rings. The summed E-state index contributed by atoms with van der Waals surface area (Å²) >= 11 is 1.69. The van der Waals surface area contributed by atoms with Gasteiger partial charge in [0, 0.05) is 10.9 Å². The summed E-state index contributed by atoms with van der Waals surface area (Å²) in [5.74, 6) is 0.729. The molecule has 0 radical (unpaired) electrons. The maximum atomic E-state index is 9.17. The van der Waals surface area contributed by atoms with Crippen LogP contribution < -0.4 is 10.1 Å². The topological polar surface area (TPSA) is 57.9 Å². The Morgan fingerprint density at radius 2 is 2.20 bits per heavy atom. The Morgan fingerprint density at radius 1 is 1.35 bits per heavy atom. The zero-order valence-corrected chi connectivity index (χ0v) is 12.1. The number of fused-ring (bicyclic) bond motifs is 1. The summed E-state index contributed by atoms with van der Waals surface area (Å²) in [6.45, 7) is 0. The van der Waals surface area contributed by atoms with Crippen LogP contribution in [0.1, 0.15) is 29.0 Å². The SMILES string of the molecule is COc1ccc(C#N)c(Nc2nc3c(s2)CCCC3)c1. The number of nitrogens with zero attached hydrogens (tertiary/aromatic N) is 2. The smallest absolute Gasteiger partial charge is 0.187 e. The van der Waals surface area contributed by atoms with Crippen molar-refractivity contribution in [3.05, 3.63) is 34.3 Å². The second kappa shape index (κ2) is 5.51. The first kappa shape index (κ1) is 12.9. The number of hydrogen-bond acceptors (Lipinski definition) is 5. The molecule has 20 heavy (non-hydrogen) atoms. The average molecular weight is 285 g/mol. The molecule has 0 saturated heterocycles. The highest BCUT2D eigenvalue weighted by molar-refractivity contribution is 7.15. The van der Waals surface area contributed by atoms with Crippen molar-refractivity contribution in [1.29, 1.82) is 5.26 Å². The minimum absolute atomic E-state index is 0.596. The van der Waals surface area contributed by atoms with E-state index in [1.54, 1.807) is 30.6 Å². The van der Waals surface area contributed by atoms with Gasteiger partial charge >= 0.3 is 0 Å². The lowest BCUT2D eigenvalue weighted by atomic mass is 10.0. The van der Waals surface area contributed by atoms with Crippen LogP contribution in [0.5, 0.6) is 5.75 Å². The van der Waals surface area contributed by atoms with Crippen molar-refractivity contribution in [2.45, 2.75) is 25.7 Å². The highest BCUT2D eigenvalue weighted by Crippen LogP contribution is 2.32. The van der Waals surface area contributed by atoms with E-state index < -0.39 is 0 Å². The summed E-state index contributed by atoms with van der Waals surface area (Å²) in [6, 6.07) is 7.57. The molecule has 0 saturated carbocycles. The highest BCUT2D eigenvalue weighted by Gasteiger charge is 2.16. The minimum atomic E-state index is 0.596. The zero-order valence-electron chi connectivity index (χ0n) is 11.3. The summed E-state index contributed by atoms with van der Waals surface area (Å²) in [7, 11) is 1.62. The number of hydrogen-bond donors (Lipinski definition) is 1. The molecule has 0 unspecified atom stereocenters. The molecule has 0 amide bonds. The Balaban J connectivity index is 1.90. The van der Waals surface area contributed by atoms with Crippen molar-refractivity contribution in [2.75, 3.05) is 12.4 Å². The molecule has 1 heterocycles. The molecule has 102 valence electrons. The fourth-order valence-electron chi connectivity index (χ4n) is 2.37. The molecule has 1 aromatic carbocycles. The average Bonchev–Trinajstić information content (AvgIpc) is 2.89. The van der Waals surface area contributed by atoms with Gasteiger partial charge < -0.3 is 10.1 Å². The van der Waals surface area contributed by atoms with Gasteiger partial charge in [-0.3, -0.25) is 0 Å². The van der Waals surface area contributed by atoms with Crippen LogP contribution in [-0.4, -0.2) is 12.1 Å². The third-order valence-electron chi connectivity index (χ3n) is 3.43. The number of thiazole rings is 1. The molecule has 0 spiro atoms. The van der Waals surface area contributed by atoms with Crippen molar-refractivity contribution in [3.8, 4) is 11.8 Å². The normalized spacial score (nSPS) is 13.4. The molecule has 1 aromatic heterocycles. The predicted octanol–water partition coefficient (Wildman–Crippen LogP) is 3.65. The molecule has 1 N–H and O–H groups in total. The van der Waals surface area contributed by atoms with E-state index in [0.717, 1.165) is 29.4 Å². The summed E-state index contributed by atoms with van der Waals surface area (Å²) < 4.78 is 5.21. The molecule has 1 aliphatic carbocycles. The van der Waals surface area contributed by atoms with E-state index >= 15 is 0 Å². The maximum Gasteiger partial charge on any atom is 0.187 e. The fraction of sp³-hybridized carbons (Fsp3) is 0.333. The fourth-order valence-corrected chi connectivity index (χ4v) is 3.43. The Labute approximate surface area is 122 Å². The van der Waals surface area contributed by atoms with Gasteiger partial charge in [-0.25, -0.2) is 4.98 Å². The monoisotopic (exact) mass is 285 g/mol. The van der Waals surface area contributed by atoms with Gasteiger partial charge in [0.25, 0.3) is 0 Å². The Kier molecular flexibility index (Phi) is 3.57. The van der Waals surface area contributed by atoms with Crippen LogP contribution in [0.2, 0.25) is 0 Å². The van der Waals surface area contributed by atoms with Gasteiger partial charge in [-0.05, 0) is 37.8 Å². The maximum absolute atomic E-state index is 9.17. The van der Waals surface area contributed by atoms with Crippen molar-refractivity contribution in [3.63, 3.8) is 0 Å². The van der Waals surface area contributed by atoms with E-state index in [-0.39, 0.29) is 0 Å². The number of benzene rings is 1. The number of nitrogens with one attached hydrogen (secondary N) is 1. The molecule has 0 atom stereocenters. The van der Waals surface area contributed by atoms with E-state index in [9.17, 15) is 5.26 Å². The van der Waals surface area contributed by atoms with E-state index in [1.807, 2.05) is 6.07 Å². The predicted molar refractivity (Wildman–Crippen MR) is 79.7 cm³/mol. The van der Waals surface area contributed by atoms with Crippen LogP contribution in [0.15, 0.2) is 18.2 Å². The van der Waals surface area contributed by atoms with Crippen LogP contribution in [0.3, 0.4) is 0 Å². The van der Waals surface area contributed by atoms with E-state index in [1.165, 1.54) is 23.4 Å². The molecule has 3 rings (SSSR count). The van der Waals surface area contributed by atoms with Gasteiger partial charge in [0.15, 0.2) is 5.13 Å². The third-order valence-corrected chi connectivity index (χ3v) is 4.51. The quantitative estimate of drug-likeness (QED) is 0.935. The number of ether oxygens (including phenoxy) is 1. The number of nitriles is 1. The Hall–Kier alpha value is -2.06. The lowest BCUT2D eigenvalue weighted by molar-refractivity contribution is 0.415. The number of aromatic nitrogens is 1. The third kappa shape index (κ3) is 2.47. The lowest BCUT2D eigenvalue weighted by Gasteiger charge is -2.07. The second-order valence-electron chi connectivity index (χ2n) is 4.74. The summed E-state index contributed by atoms with van der Waals surface area (Å²) in [4.78, 5) is 6.01. The standard InChI is InChI=1S/C15H15N3OS/c1-19-11-7-6-10(9-16)13(8-11)18-15-17-12-4-2-3-5-14(12)20-15/h6-8H,2-5H2,1H3,(H,17,18). The Morgan fingerprint density at radius 3 is 2.95 bits per heavy atom. The molecule has 0 bridgehead atoms. The molecule has 0 aliphatic heterocycles. The lowest BCUT2D eigenvalue weighted by Crippen LogP contribution is -1.99. The molecule has 5 heteroatoms. The van der Waals surface area contributed by atoms with E-state index in [2.05, 4.69) is 16.4 Å². The van der Waals surface area contributed by atoms with Crippen LogP contribution in [0.25, 0.3) is 0 Å².